The normalized spacial score (nSPS) is 17.7. The Morgan fingerprint density at radius 3 is 2.68 bits per heavy atom. The highest BCUT2D eigenvalue weighted by Crippen LogP contribution is 2.39. The second-order valence-electron chi connectivity index (χ2n) is 8.30. The number of alkyl halides is 4. The first-order chi connectivity index (χ1) is 18.1. The number of hydrogen-bond donors (Lipinski definition) is 2. The number of anilines is 1. The SMILES string of the molecule is COc1ncc(-c2cc(C(F)(F)F)c3c(N)ncnn23)cc1C(=O)NC1CN(C(=O)c2cncs2)CC1F. The van der Waals surface area contributed by atoms with Crippen molar-refractivity contribution in [1.82, 2.24) is 34.8 Å². The van der Waals surface area contributed by atoms with Crippen molar-refractivity contribution in [3.8, 4) is 17.1 Å². The molecule has 1 aliphatic rings. The number of halogens is 4. The second-order valence-corrected chi connectivity index (χ2v) is 9.19. The van der Waals surface area contributed by atoms with E-state index in [0.717, 1.165) is 28.2 Å². The number of nitrogen functional groups attached to an aromatic ring is 1. The van der Waals surface area contributed by atoms with Crippen molar-refractivity contribution < 1.29 is 31.9 Å². The monoisotopic (exact) mass is 550 g/mol. The van der Waals surface area contributed by atoms with Crippen LogP contribution in [0.25, 0.3) is 16.8 Å². The summed E-state index contributed by atoms with van der Waals surface area (Å²) in [6, 6.07) is 1.04. The fourth-order valence-electron chi connectivity index (χ4n) is 4.20. The van der Waals surface area contributed by atoms with Gasteiger partial charge in [-0.3, -0.25) is 14.6 Å². The quantitative estimate of drug-likeness (QED) is 0.361. The number of thiazole rings is 1. The molecule has 0 aliphatic carbocycles. The summed E-state index contributed by atoms with van der Waals surface area (Å²) in [6.45, 7) is -0.317. The Morgan fingerprint density at radius 2 is 2.00 bits per heavy atom. The van der Waals surface area contributed by atoms with Gasteiger partial charge in [-0.15, -0.1) is 11.3 Å². The zero-order valence-electron chi connectivity index (χ0n) is 19.4. The third kappa shape index (κ3) is 4.46. The van der Waals surface area contributed by atoms with Crippen molar-refractivity contribution in [1.29, 1.82) is 0 Å². The first kappa shape index (κ1) is 25.3. The van der Waals surface area contributed by atoms with Crippen LogP contribution in [0.15, 0.2) is 36.4 Å². The third-order valence-electron chi connectivity index (χ3n) is 5.97. The summed E-state index contributed by atoms with van der Waals surface area (Å²) in [5.41, 5.74) is 5.53. The Labute approximate surface area is 215 Å². The molecule has 0 bridgehead atoms. The van der Waals surface area contributed by atoms with Crippen LogP contribution in [0, 0.1) is 0 Å². The standard InChI is InChI=1S/C22H18F4N8O3S/c1-37-20-11(19(35)32-14-7-33(6-13(14)23)21(36)16-5-28-9-38-16)2-10(4-29-20)15-3-12(22(24,25)26)17-18(27)30-8-31-34(15)17/h2-5,8-9,13-14H,6-7H2,1H3,(H,32,35)(H2,27,30,31). The molecule has 5 rings (SSSR count). The van der Waals surface area contributed by atoms with E-state index in [2.05, 4.69) is 25.4 Å². The van der Waals surface area contributed by atoms with Gasteiger partial charge < -0.3 is 20.7 Å². The Bertz CT molecular complexity index is 1530. The van der Waals surface area contributed by atoms with Crippen molar-refractivity contribution in [2.45, 2.75) is 18.4 Å². The minimum Gasteiger partial charge on any atom is -0.480 e. The minimum atomic E-state index is -4.76. The van der Waals surface area contributed by atoms with Gasteiger partial charge in [0.05, 0.1) is 42.7 Å². The fraction of sp³-hybridized carbons (Fsp3) is 0.273. The molecule has 38 heavy (non-hydrogen) atoms. The van der Waals surface area contributed by atoms with Crippen LogP contribution in [-0.2, 0) is 6.18 Å². The van der Waals surface area contributed by atoms with Crippen molar-refractivity contribution >= 4 is 34.5 Å². The highest BCUT2D eigenvalue weighted by Gasteiger charge is 2.38. The lowest BCUT2D eigenvalue weighted by molar-refractivity contribution is -0.136. The van der Waals surface area contributed by atoms with E-state index < -0.39 is 41.3 Å². The molecule has 1 fully saturated rings. The number of amides is 2. The molecule has 2 atom stereocenters. The number of nitrogens with one attached hydrogen (secondary N) is 1. The molecule has 0 aromatic carbocycles. The lowest BCUT2D eigenvalue weighted by Crippen LogP contribution is -2.42. The number of rotatable bonds is 5. The van der Waals surface area contributed by atoms with Crippen LogP contribution in [0.1, 0.15) is 25.6 Å². The van der Waals surface area contributed by atoms with Crippen LogP contribution in [-0.4, -0.2) is 73.7 Å². The molecule has 2 amide bonds. The number of methoxy groups -OCH3 is 1. The fourth-order valence-corrected chi connectivity index (χ4v) is 4.78. The summed E-state index contributed by atoms with van der Waals surface area (Å²) in [5.74, 6) is -1.72. The minimum absolute atomic E-state index is 0.0591. The van der Waals surface area contributed by atoms with Crippen molar-refractivity contribution in [2.75, 3.05) is 25.9 Å². The van der Waals surface area contributed by atoms with Crippen molar-refractivity contribution in [2.24, 2.45) is 0 Å². The molecule has 5 heterocycles. The molecule has 0 saturated carbocycles. The highest BCUT2D eigenvalue weighted by molar-refractivity contribution is 7.11. The molecule has 4 aromatic heterocycles. The van der Waals surface area contributed by atoms with Crippen LogP contribution >= 0.6 is 11.3 Å². The van der Waals surface area contributed by atoms with Crippen LogP contribution < -0.4 is 15.8 Å². The van der Waals surface area contributed by atoms with Gasteiger partial charge in [0.25, 0.3) is 11.8 Å². The number of hydrogen-bond acceptors (Lipinski definition) is 9. The van der Waals surface area contributed by atoms with Gasteiger partial charge in [-0.1, -0.05) is 0 Å². The predicted octanol–water partition coefficient (Wildman–Crippen LogP) is 2.45. The van der Waals surface area contributed by atoms with E-state index in [1.54, 1.807) is 0 Å². The van der Waals surface area contributed by atoms with Crippen molar-refractivity contribution in [3.05, 3.63) is 52.4 Å². The van der Waals surface area contributed by atoms with Crippen molar-refractivity contribution in [3.63, 3.8) is 0 Å². The number of carbonyl (C=O) groups excluding carboxylic acids is 2. The Balaban J connectivity index is 1.45. The molecular formula is C22H18F4N8O3S. The topological polar surface area (TPSA) is 141 Å². The molecular weight excluding hydrogens is 532 g/mol. The Morgan fingerprint density at radius 1 is 1.21 bits per heavy atom. The largest absolute Gasteiger partial charge is 0.480 e. The highest BCUT2D eigenvalue weighted by atomic mass is 32.1. The Hall–Kier alpha value is -4.34. The molecule has 198 valence electrons. The molecule has 4 aromatic rings. The first-order valence-corrected chi connectivity index (χ1v) is 11.8. The van der Waals surface area contributed by atoms with Crippen LogP contribution in [0.2, 0.25) is 0 Å². The molecule has 0 spiro atoms. The van der Waals surface area contributed by atoms with Gasteiger partial charge in [0.2, 0.25) is 5.88 Å². The van der Waals surface area contributed by atoms with Gasteiger partial charge in [-0.2, -0.15) is 18.3 Å². The second kappa shape index (κ2) is 9.51. The van der Waals surface area contributed by atoms with E-state index in [1.807, 2.05) is 0 Å². The maximum atomic E-state index is 14.8. The van der Waals surface area contributed by atoms with Gasteiger partial charge in [-0.25, -0.2) is 18.9 Å². The van der Waals surface area contributed by atoms with Crippen LogP contribution in [0.4, 0.5) is 23.4 Å². The number of likely N-dealkylation sites (tertiary alicyclic amines) is 1. The predicted molar refractivity (Wildman–Crippen MR) is 126 cm³/mol. The lowest BCUT2D eigenvalue weighted by Gasteiger charge is -2.17. The average Bonchev–Trinajstić information content (AvgIpc) is 3.63. The maximum absolute atomic E-state index is 14.8. The number of nitrogens with zero attached hydrogens (tertiary/aromatic N) is 6. The summed E-state index contributed by atoms with van der Waals surface area (Å²) in [6.07, 6.45) is -2.73. The van der Waals surface area contributed by atoms with Gasteiger partial charge in [0, 0.05) is 18.3 Å². The van der Waals surface area contributed by atoms with Gasteiger partial charge >= 0.3 is 6.18 Å². The molecule has 16 heteroatoms. The van der Waals surface area contributed by atoms with Gasteiger partial charge in [-0.05, 0) is 12.1 Å². The maximum Gasteiger partial charge on any atom is 0.418 e. The number of pyridine rings is 1. The van der Waals surface area contributed by atoms with E-state index in [9.17, 15) is 27.2 Å². The molecule has 0 radical (unpaired) electrons. The number of ether oxygens (including phenoxy) is 1. The molecule has 2 unspecified atom stereocenters. The number of carbonyl (C=O) groups is 2. The molecule has 1 saturated heterocycles. The third-order valence-corrected chi connectivity index (χ3v) is 6.73. The Kier molecular flexibility index (Phi) is 6.34. The van der Waals surface area contributed by atoms with Gasteiger partial charge in [0.1, 0.15) is 28.5 Å². The summed E-state index contributed by atoms with van der Waals surface area (Å²) < 4.78 is 62.0. The van der Waals surface area contributed by atoms with Crippen LogP contribution in [0.3, 0.4) is 0 Å². The van der Waals surface area contributed by atoms with E-state index in [0.29, 0.717) is 4.88 Å². The summed E-state index contributed by atoms with van der Waals surface area (Å²) in [4.78, 5) is 38.8. The van der Waals surface area contributed by atoms with E-state index in [-0.39, 0.29) is 41.6 Å². The lowest BCUT2D eigenvalue weighted by atomic mass is 10.1. The molecule has 11 nitrogen and oxygen atoms in total. The van der Waals surface area contributed by atoms with E-state index >= 15 is 0 Å². The summed E-state index contributed by atoms with van der Waals surface area (Å²) in [7, 11) is 1.25. The molecule has 3 N–H and O–H groups in total. The first-order valence-electron chi connectivity index (χ1n) is 10.9. The van der Waals surface area contributed by atoms with Gasteiger partial charge in [0.15, 0.2) is 5.82 Å². The number of aromatic nitrogens is 5. The summed E-state index contributed by atoms with van der Waals surface area (Å²) >= 11 is 1.11. The molecule has 1 aliphatic heterocycles. The van der Waals surface area contributed by atoms with E-state index in [4.69, 9.17) is 10.5 Å². The zero-order valence-corrected chi connectivity index (χ0v) is 20.3. The number of nitrogens with two attached hydrogens (primary N) is 1. The summed E-state index contributed by atoms with van der Waals surface area (Å²) in [5, 5.41) is 6.42. The van der Waals surface area contributed by atoms with Crippen LogP contribution in [0.5, 0.6) is 5.88 Å². The van der Waals surface area contributed by atoms with E-state index in [1.165, 1.54) is 36.0 Å². The zero-order chi connectivity index (χ0) is 27.2. The average molecular weight is 550 g/mol. The number of fused-ring (bicyclic) bond motifs is 1. The smallest absolute Gasteiger partial charge is 0.418 e.